The number of rotatable bonds is 7. The van der Waals surface area contributed by atoms with E-state index in [9.17, 15) is 9.59 Å². The number of carbonyl (C=O) groups excluding carboxylic acids is 2. The fourth-order valence-electron chi connectivity index (χ4n) is 2.35. The van der Waals surface area contributed by atoms with Crippen LogP contribution in [0.5, 0.6) is 5.75 Å². The molecule has 5 heteroatoms. The standard InChI is InChI=1S/C19H22O5/c1-13(19(21)24-10-4-9-23-14(2)20)15-5-6-17-12-18(22-3)8-7-16(17)11-15/h5-8,11-13H,4,9-10H2,1-3H3/t13-/m0/s1. The Kier molecular flexibility index (Phi) is 6.18. The lowest BCUT2D eigenvalue weighted by Gasteiger charge is -2.13. The average Bonchev–Trinajstić information content (AvgIpc) is 2.59. The third kappa shape index (κ3) is 4.72. The first kappa shape index (κ1) is 17.8. The van der Waals surface area contributed by atoms with Crippen molar-refractivity contribution in [2.75, 3.05) is 20.3 Å². The predicted molar refractivity (Wildman–Crippen MR) is 91.1 cm³/mol. The Hall–Kier alpha value is -2.56. The lowest BCUT2D eigenvalue weighted by molar-refractivity contribution is -0.146. The van der Waals surface area contributed by atoms with E-state index in [1.54, 1.807) is 7.11 Å². The van der Waals surface area contributed by atoms with Crippen molar-refractivity contribution < 1.29 is 23.8 Å². The minimum atomic E-state index is -0.356. The summed E-state index contributed by atoms with van der Waals surface area (Å²) in [6.45, 7) is 3.67. The van der Waals surface area contributed by atoms with E-state index in [1.165, 1.54) is 6.92 Å². The van der Waals surface area contributed by atoms with Crippen LogP contribution in [-0.4, -0.2) is 32.3 Å². The molecular weight excluding hydrogens is 308 g/mol. The monoisotopic (exact) mass is 330 g/mol. The Labute approximate surface area is 141 Å². The summed E-state index contributed by atoms with van der Waals surface area (Å²) in [6.07, 6.45) is 0.496. The first-order chi connectivity index (χ1) is 11.5. The van der Waals surface area contributed by atoms with E-state index in [2.05, 4.69) is 0 Å². The molecule has 0 bridgehead atoms. The van der Waals surface area contributed by atoms with Crippen molar-refractivity contribution in [2.45, 2.75) is 26.2 Å². The highest BCUT2D eigenvalue weighted by atomic mass is 16.5. The van der Waals surface area contributed by atoms with Crippen LogP contribution in [0.1, 0.15) is 31.7 Å². The van der Waals surface area contributed by atoms with Crippen molar-refractivity contribution >= 4 is 22.7 Å². The Balaban J connectivity index is 1.95. The summed E-state index contributed by atoms with van der Waals surface area (Å²) < 4.78 is 15.2. The topological polar surface area (TPSA) is 61.8 Å². The largest absolute Gasteiger partial charge is 0.497 e. The summed E-state index contributed by atoms with van der Waals surface area (Å²) in [5, 5.41) is 2.10. The summed E-state index contributed by atoms with van der Waals surface area (Å²) in [6, 6.07) is 11.7. The normalized spacial score (nSPS) is 11.8. The quantitative estimate of drug-likeness (QED) is 0.575. The Morgan fingerprint density at radius 3 is 2.38 bits per heavy atom. The van der Waals surface area contributed by atoms with Crippen LogP contribution < -0.4 is 4.74 Å². The molecule has 0 spiro atoms. The minimum absolute atomic E-state index is 0.237. The molecule has 0 saturated carbocycles. The smallest absolute Gasteiger partial charge is 0.313 e. The van der Waals surface area contributed by atoms with Crippen LogP contribution in [0.4, 0.5) is 0 Å². The molecule has 0 aliphatic rings. The van der Waals surface area contributed by atoms with E-state index in [4.69, 9.17) is 14.2 Å². The molecule has 0 aromatic heterocycles. The maximum absolute atomic E-state index is 12.1. The van der Waals surface area contributed by atoms with Crippen LogP contribution in [0.3, 0.4) is 0 Å². The molecule has 0 aliphatic heterocycles. The Morgan fingerprint density at radius 1 is 1.00 bits per heavy atom. The maximum Gasteiger partial charge on any atom is 0.313 e. The molecule has 0 unspecified atom stereocenters. The molecule has 0 saturated heterocycles. The number of carbonyl (C=O) groups is 2. The van der Waals surface area contributed by atoms with Crippen molar-refractivity contribution in [3.05, 3.63) is 42.0 Å². The van der Waals surface area contributed by atoms with Crippen molar-refractivity contribution in [1.82, 2.24) is 0 Å². The highest BCUT2D eigenvalue weighted by molar-refractivity contribution is 5.86. The minimum Gasteiger partial charge on any atom is -0.497 e. The second kappa shape index (κ2) is 8.34. The molecule has 5 nitrogen and oxygen atoms in total. The van der Waals surface area contributed by atoms with Gasteiger partial charge in [0.1, 0.15) is 5.75 Å². The van der Waals surface area contributed by atoms with Crippen LogP contribution in [0.25, 0.3) is 10.8 Å². The molecular formula is C19H22O5. The molecule has 128 valence electrons. The van der Waals surface area contributed by atoms with E-state index in [0.717, 1.165) is 22.1 Å². The molecule has 0 heterocycles. The van der Waals surface area contributed by atoms with E-state index >= 15 is 0 Å². The number of ether oxygens (including phenoxy) is 3. The van der Waals surface area contributed by atoms with Gasteiger partial charge in [0.25, 0.3) is 0 Å². The summed E-state index contributed by atoms with van der Waals surface area (Å²) in [5.74, 6) is -0.172. The van der Waals surface area contributed by atoms with Gasteiger partial charge in [0, 0.05) is 13.3 Å². The molecule has 2 aromatic carbocycles. The number of benzene rings is 2. The van der Waals surface area contributed by atoms with Gasteiger partial charge in [-0.3, -0.25) is 9.59 Å². The summed E-state index contributed by atoms with van der Waals surface area (Å²) >= 11 is 0. The van der Waals surface area contributed by atoms with Gasteiger partial charge in [-0.25, -0.2) is 0 Å². The summed E-state index contributed by atoms with van der Waals surface area (Å²) in [4.78, 5) is 22.8. The van der Waals surface area contributed by atoms with Gasteiger partial charge in [-0.15, -0.1) is 0 Å². The highest BCUT2D eigenvalue weighted by Gasteiger charge is 2.17. The van der Waals surface area contributed by atoms with Gasteiger partial charge in [0.15, 0.2) is 0 Å². The van der Waals surface area contributed by atoms with Crippen LogP contribution >= 0.6 is 0 Å². The number of hydrogen-bond acceptors (Lipinski definition) is 5. The molecule has 0 aliphatic carbocycles. The van der Waals surface area contributed by atoms with Gasteiger partial charge in [-0.1, -0.05) is 24.3 Å². The van der Waals surface area contributed by atoms with Crippen molar-refractivity contribution in [3.63, 3.8) is 0 Å². The molecule has 1 atom stereocenters. The van der Waals surface area contributed by atoms with Crippen LogP contribution in [0, 0.1) is 0 Å². The van der Waals surface area contributed by atoms with Gasteiger partial charge in [0.05, 0.1) is 26.2 Å². The molecule has 0 N–H and O–H groups in total. The third-order valence-electron chi connectivity index (χ3n) is 3.76. The molecule has 0 fully saturated rings. The number of esters is 2. The SMILES string of the molecule is COc1ccc2cc([C@H](C)C(=O)OCCCOC(C)=O)ccc2c1. The van der Waals surface area contributed by atoms with Crippen LogP contribution in [-0.2, 0) is 19.1 Å². The Morgan fingerprint density at radius 2 is 1.67 bits per heavy atom. The first-order valence-corrected chi connectivity index (χ1v) is 7.89. The summed E-state index contributed by atoms with van der Waals surface area (Å²) in [5.41, 5.74) is 0.901. The second-order valence-corrected chi connectivity index (χ2v) is 5.56. The van der Waals surface area contributed by atoms with Gasteiger partial charge in [-0.2, -0.15) is 0 Å². The molecule has 24 heavy (non-hydrogen) atoms. The average molecular weight is 330 g/mol. The van der Waals surface area contributed by atoms with Crippen molar-refractivity contribution in [1.29, 1.82) is 0 Å². The maximum atomic E-state index is 12.1. The Bertz CT molecular complexity index is 723. The fraction of sp³-hybridized carbons (Fsp3) is 0.368. The van der Waals surface area contributed by atoms with Crippen LogP contribution in [0.2, 0.25) is 0 Å². The zero-order chi connectivity index (χ0) is 17.5. The number of fused-ring (bicyclic) bond motifs is 1. The van der Waals surface area contributed by atoms with E-state index in [0.29, 0.717) is 6.42 Å². The lowest BCUT2D eigenvalue weighted by atomic mass is 9.98. The number of methoxy groups -OCH3 is 1. The van der Waals surface area contributed by atoms with Crippen molar-refractivity contribution in [3.8, 4) is 5.75 Å². The van der Waals surface area contributed by atoms with E-state index in [1.807, 2.05) is 43.3 Å². The van der Waals surface area contributed by atoms with Crippen LogP contribution in [0.15, 0.2) is 36.4 Å². The van der Waals surface area contributed by atoms with Gasteiger partial charge in [-0.05, 0) is 35.4 Å². The first-order valence-electron chi connectivity index (χ1n) is 7.89. The fourth-order valence-corrected chi connectivity index (χ4v) is 2.35. The predicted octanol–water partition coefficient (Wildman–Crippen LogP) is 3.45. The van der Waals surface area contributed by atoms with E-state index in [-0.39, 0.29) is 31.1 Å². The van der Waals surface area contributed by atoms with E-state index < -0.39 is 0 Å². The summed E-state index contributed by atoms with van der Waals surface area (Å²) in [7, 11) is 1.63. The third-order valence-corrected chi connectivity index (χ3v) is 3.76. The molecule has 2 rings (SSSR count). The van der Waals surface area contributed by atoms with Crippen molar-refractivity contribution in [2.24, 2.45) is 0 Å². The second-order valence-electron chi connectivity index (χ2n) is 5.56. The zero-order valence-corrected chi connectivity index (χ0v) is 14.2. The molecule has 2 aromatic rings. The van der Waals surface area contributed by atoms with Gasteiger partial charge >= 0.3 is 11.9 Å². The highest BCUT2D eigenvalue weighted by Crippen LogP contribution is 2.25. The number of hydrogen-bond donors (Lipinski definition) is 0. The lowest BCUT2D eigenvalue weighted by Crippen LogP contribution is -2.15. The molecule has 0 amide bonds. The molecule has 0 radical (unpaired) electrons. The van der Waals surface area contributed by atoms with Gasteiger partial charge < -0.3 is 14.2 Å². The zero-order valence-electron chi connectivity index (χ0n) is 14.2. The van der Waals surface area contributed by atoms with Gasteiger partial charge in [0.2, 0.25) is 0 Å².